The summed E-state index contributed by atoms with van der Waals surface area (Å²) < 4.78 is 0. The lowest BCUT2D eigenvalue weighted by Gasteiger charge is -2.17. The molecule has 0 saturated heterocycles. The van der Waals surface area contributed by atoms with E-state index in [1.807, 2.05) is 24.3 Å². The van der Waals surface area contributed by atoms with Crippen molar-refractivity contribution in [3.63, 3.8) is 0 Å². The zero-order chi connectivity index (χ0) is 15.0. The maximum Gasteiger partial charge on any atom is 0.345 e. The molecule has 0 aliphatic carbocycles. The number of carboxylic acids is 1. The van der Waals surface area contributed by atoms with E-state index in [0.717, 1.165) is 28.3 Å². The Morgan fingerprint density at radius 2 is 2.24 bits per heavy atom. The maximum absolute atomic E-state index is 11.0. The SMILES string of the molecule is C=C1NC(Cc2cccc(Cl)c2)=Nc2sc(C(=O)O)cc21. The van der Waals surface area contributed by atoms with Gasteiger partial charge in [0, 0.05) is 22.7 Å². The third-order valence-corrected chi connectivity index (χ3v) is 4.29. The molecular weight excluding hydrogens is 308 g/mol. The van der Waals surface area contributed by atoms with Crippen molar-refractivity contribution < 1.29 is 9.90 Å². The molecule has 0 amide bonds. The molecule has 0 radical (unpaired) electrons. The van der Waals surface area contributed by atoms with Gasteiger partial charge in [0.15, 0.2) is 0 Å². The van der Waals surface area contributed by atoms with Crippen LogP contribution in [0.5, 0.6) is 0 Å². The summed E-state index contributed by atoms with van der Waals surface area (Å²) in [6.45, 7) is 3.93. The van der Waals surface area contributed by atoms with E-state index in [1.54, 1.807) is 6.07 Å². The Hall–Kier alpha value is -2.11. The van der Waals surface area contributed by atoms with E-state index < -0.39 is 5.97 Å². The summed E-state index contributed by atoms with van der Waals surface area (Å²) >= 11 is 7.12. The van der Waals surface area contributed by atoms with Crippen LogP contribution in [0.3, 0.4) is 0 Å². The summed E-state index contributed by atoms with van der Waals surface area (Å²) in [5.41, 5.74) is 2.44. The van der Waals surface area contributed by atoms with Crippen molar-refractivity contribution in [2.24, 2.45) is 4.99 Å². The van der Waals surface area contributed by atoms with Gasteiger partial charge in [0.2, 0.25) is 0 Å². The van der Waals surface area contributed by atoms with Gasteiger partial charge >= 0.3 is 5.97 Å². The quantitative estimate of drug-likeness (QED) is 0.901. The average Bonchev–Trinajstić information content (AvgIpc) is 2.83. The number of hydrogen-bond acceptors (Lipinski definition) is 4. The van der Waals surface area contributed by atoms with Crippen LogP contribution in [0.2, 0.25) is 5.02 Å². The number of hydrogen-bond donors (Lipinski definition) is 2. The predicted molar refractivity (Wildman–Crippen MR) is 85.7 cm³/mol. The summed E-state index contributed by atoms with van der Waals surface area (Å²) in [5.74, 6) is -0.220. The van der Waals surface area contributed by atoms with Crippen molar-refractivity contribution in [1.29, 1.82) is 0 Å². The second-order valence-electron chi connectivity index (χ2n) is 4.60. The number of carbonyl (C=O) groups is 1. The number of nitrogens with one attached hydrogen (secondary N) is 1. The number of nitrogens with zero attached hydrogens (tertiary/aromatic N) is 1. The molecular formula is C15H11ClN2O2S. The van der Waals surface area contributed by atoms with Crippen molar-refractivity contribution in [3.8, 4) is 0 Å². The first-order valence-corrected chi connectivity index (χ1v) is 7.38. The van der Waals surface area contributed by atoms with E-state index in [1.165, 1.54) is 0 Å². The highest BCUT2D eigenvalue weighted by atomic mass is 35.5. The molecule has 0 unspecified atom stereocenters. The van der Waals surface area contributed by atoms with Crippen molar-refractivity contribution in [2.75, 3.05) is 0 Å². The number of halogens is 1. The van der Waals surface area contributed by atoms with E-state index in [9.17, 15) is 4.79 Å². The van der Waals surface area contributed by atoms with Gasteiger partial charge in [0.1, 0.15) is 15.7 Å². The Morgan fingerprint density at radius 3 is 2.95 bits per heavy atom. The molecule has 21 heavy (non-hydrogen) atoms. The number of rotatable bonds is 3. The van der Waals surface area contributed by atoms with E-state index >= 15 is 0 Å². The molecule has 1 aromatic carbocycles. The lowest BCUT2D eigenvalue weighted by Crippen LogP contribution is -2.25. The number of carboxylic acid groups (broad SMARTS) is 1. The smallest absolute Gasteiger partial charge is 0.345 e. The molecule has 4 nitrogen and oxygen atoms in total. The van der Waals surface area contributed by atoms with Gasteiger partial charge in [-0.2, -0.15) is 0 Å². The highest BCUT2D eigenvalue weighted by molar-refractivity contribution is 7.18. The minimum Gasteiger partial charge on any atom is -0.477 e. The Balaban J connectivity index is 1.92. The van der Waals surface area contributed by atoms with Crippen LogP contribution in [-0.2, 0) is 6.42 Å². The normalized spacial score (nSPS) is 13.4. The van der Waals surface area contributed by atoms with Crippen LogP contribution in [0.25, 0.3) is 5.70 Å². The van der Waals surface area contributed by atoms with Gasteiger partial charge < -0.3 is 10.4 Å². The fraction of sp³-hybridized carbons (Fsp3) is 0.0667. The predicted octanol–water partition coefficient (Wildman–Crippen LogP) is 3.95. The fourth-order valence-corrected chi connectivity index (χ4v) is 3.24. The molecule has 2 N–H and O–H groups in total. The zero-order valence-corrected chi connectivity index (χ0v) is 12.5. The number of benzene rings is 1. The molecule has 1 aliphatic heterocycles. The minimum absolute atomic E-state index is 0.260. The number of amidine groups is 1. The van der Waals surface area contributed by atoms with Gasteiger partial charge in [-0.15, -0.1) is 11.3 Å². The molecule has 2 heterocycles. The molecule has 1 aliphatic rings. The molecule has 0 saturated carbocycles. The monoisotopic (exact) mass is 318 g/mol. The highest BCUT2D eigenvalue weighted by Crippen LogP contribution is 2.37. The minimum atomic E-state index is -0.950. The Bertz CT molecular complexity index is 780. The van der Waals surface area contributed by atoms with E-state index in [2.05, 4.69) is 16.9 Å². The first-order valence-electron chi connectivity index (χ1n) is 6.18. The van der Waals surface area contributed by atoms with E-state index in [-0.39, 0.29) is 4.88 Å². The van der Waals surface area contributed by atoms with Crippen LogP contribution in [0, 0.1) is 0 Å². The molecule has 2 aromatic rings. The van der Waals surface area contributed by atoms with Gasteiger partial charge in [-0.25, -0.2) is 9.79 Å². The van der Waals surface area contributed by atoms with Gasteiger partial charge in [-0.3, -0.25) is 0 Å². The number of fused-ring (bicyclic) bond motifs is 1. The van der Waals surface area contributed by atoms with Crippen LogP contribution in [0.4, 0.5) is 5.00 Å². The topological polar surface area (TPSA) is 61.7 Å². The summed E-state index contributed by atoms with van der Waals surface area (Å²) in [6, 6.07) is 9.13. The van der Waals surface area contributed by atoms with Gasteiger partial charge in [-0.1, -0.05) is 30.3 Å². The molecule has 1 aromatic heterocycles. The first-order chi connectivity index (χ1) is 10.0. The summed E-state index contributed by atoms with van der Waals surface area (Å²) in [4.78, 5) is 15.8. The molecule has 0 bridgehead atoms. The molecule has 6 heteroatoms. The Kier molecular flexibility index (Phi) is 3.53. The fourth-order valence-electron chi connectivity index (χ4n) is 2.10. The van der Waals surface area contributed by atoms with E-state index in [4.69, 9.17) is 16.7 Å². The van der Waals surface area contributed by atoms with E-state index in [0.29, 0.717) is 22.1 Å². The molecule has 3 rings (SSSR count). The summed E-state index contributed by atoms with van der Waals surface area (Å²) in [7, 11) is 0. The molecule has 106 valence electrons. The van der Waals surface area contributed by atoms with Crippen molar-refractivity contribution in [2.45, 2.75) is 6.42 Å². The summed E-state index contributed by atoms with van der Waals surface area (Å²) in [6.07, 6.45) is 0.583. The van der Waals surface area contributed by atoms with Crippen LogP contribution < -0.4 is 5.32 Å². The van der Waals surface area contributed by atoms with Crippen LogP contribution in [0.1, 0.15) is 20.8 Å². The van der Waals surface area contributed by atoms with Crippen molar-refractivity contribution >= 4 is 45.4 Å². The van der Waals surface area contributed by atoms with Gasteiger partial charge in [-0.05, 0) is 23.8 Å². The third kappa shape index (κ3) is 2.84. The number of aromatic carboxylic acids is 1. The Morgan fingerprint density at radius 1 is 1.43 bits per heavy atom. The highest BCUT2D eigenvalue weighted by Gasteiger charge is 2.20. The maximum atomic E-state index is 11.0. The third-order valence-electron chi connectivity index (χ3n) is 3.04. The zero-order valence-electron chi connectivity index (χ0n) is 10.9. The second-order valence-corrected chi connectivity index (χ2v) is 6.07. The number of aliphatic imine (C=N–C) groups is 1. The number of thiophene rings is 1. The van der Waals surface area contributed by atoms with Gasteiger partial charge in [0.05, 0.1) is 0 Å². The van der Waals surface area contributed by atoms with Crippen LogP contribution in [0.15, 0.2) is 41.9 Å². The standard InChI is InChI=1S/C15H11ClN2O2S/c1-8-11-7-12(15(19)20)21-14(11)18-13(17-8)6-9-3-2-4-10(16)5-9/h2-5,7H,1,6H2,(H,17,18)(H,19,20). The molecule has 0 atom stereocenters. The van der Waals surface area contributed by atoms with Crippen LogP contribution in [-0.4, -0.2) is 16.9 Å². The van der Waals surface area contributed by atoms with Crippen molar-refractivity contribution in [1.82, 2.24) is 5.32 Å². The largest absolute Gasteiger partial charge is 0.477 e. The Labute approximate surface area is 130 Å². The molecule has 0 spiro atoms. The lowest BCUT2D eigenvalue weighted by molar-refractivity contribution is 0.0702. The summed E-state index contributed by atoms with van der Waals surface area (Å²) in [5, 5.41) is 13.5. The van der Waals surface area contributed by atoms with Crippen molar-refractivity contribution in [3.05, 3.63) is 57.9 Å². The average molecular weight is 319 g/mol. The van der Waals surface area contributed by atoms with Gasteiger partial charge in [0.25, 0.3) is 0 Å². The first kappa shape index (κ1) is 13.9. The lowest BCUT2D eigenvalue weighted by atomic mass is 10.1. The second kappa shape index (κ2) is 5.35. The molecule has 0 fully saturated rings. The van der Waals surface area contributed by atoms with Crippen LogP contribution >= 0.6 is 22.9 Å².